The molecule has 0 spiro atoms. The van der Waals surface area contributed by atoms with E-state index in [0.717, 1.165) is 36.7 Å². The first-order valence-electron chi connectivity index (χ1n) is 6.28. The molecule has 0 unspecified atom stereocenters. The van der Waals surface area contributed by atoms with Gasteiger partial charge in [-0.25, -0.2) is 15.8 Å². The van der Waals surface area contributed by atoms with Crippen molar-refractivity contribution in [2.75, 3.05) is 17.3 Å². The molecule has 0 aliphatic carbocycles. The van der Waals surface area contributed by atoms with E-state index in [9.17, 15) is 0 Å². The lowest BCUT2D eigenvalue weighted by molar-refractivity contribution is 0.636. The summed E-state index contributed by atoms with van der Waals surface area (Å²) in [5, 5.41) is 7.47. The molecule has 102 valence electrons. The fourth-order valence-corrected chi connectivity index (χ4v) is 1.71. The van der Waals surface area contributed by atoms with Crippen LogP contribution in [0.2, 0.25) is 0 Å². The van der Waals surface area contributed by atoms with E-state index in [0.29, 0.717) is 5.82 Å². The van der Waals surface area contributed by atoms with Crippen molar-refractivity contribution < 1.29 is 0 Å². The molecule has 7 nitrogen and oxygen atoms in total. The Labute approximate surface area is 112 Å². The van der Waals surface area contributed by atoms with Gasteiger partial charge in [-0.3, -0.25) is 4.68 Å². The quantitative estimate of drug-likeness (QED) is 0.529. The number of anilines is 2. The highest BCUT2D eigenvalue weighted by atomic mass is 15.3. The van der Waals surface area contributed by atoms with E-state index in [2.05, 4.69) is 25.8 Å². The van der Waals surface area contributed by atoms with Crippen LogP contribution < -0.4 is 16.6 Å². The smallest absolute Gasteiger partial charge is 0.145 e. The van der Waals surface area contributed by atoms with Crippen molar-refractivity contribution in [1.82, 2.24) is 19.7 Å². The number of nitrogen functional groups attached to an aromatic ring is 1. The Balaban J connectivity index is 1.95. The molecular formula is C12H19N7. The van der Waals surface area contributed by atoms with Gasteiger partial charge in [0.25, 0.3) is 0 Å². The minimum atomic E-state index is 0.615. The minimum Gasteiger partial charge on any atom is -0.368 e. The largest absolute Gasteiger partial charge is 0.368 e. The Morgan fingerprint density at radius 1 is 1.32 bits per heavy atom. The number of hydrogen-bond donors (Lipinski definition) is 3. The van der Waals surface area contributed by atoms with Gasteiger partial charge in [-0.05, 0) is 12.5 Å². The highest BCUT2D eigenvalue weighted by Crippen LogP contribution is 2.10. The number of nitrogens with one attached hydrogen (secondary N) is 2. The maximum Gasteiger partial charge on any atom is 0.145 e. The van der Waals surface area contributed by atoms with Crippen LogP contribution in [0.15, 0.2) is 18.5 Å². The van der Waals surface area contributed by atoms with Crippen molar-refractivity contribution in [3.8, 4) is 0 Å². The van der Waals surface area contributed by atoms with Crippen molar-refractivity contribution in [1.29, 1.82) is 0 Å². The van der Waals surface area contributed by atoms with Gasteiger partial charge < -0.3 is 10.7 Å². The van der Waals surface area contributed by atoms with E-state index in [1.807, 2.05) is 30.9 Å². The van der Waals surface area contributed by atoms with E-state index in [-0.39, 0.29) is 0 Å². The van der Waals surface area contributed by atoms with Crippen LogP contribution in [0.3, 0.4) is 0 Å². The molecule has 0 saturated heterocycles. The Morgan fingerprint density at radius 2 is 2.11 bits per heavy atom. The molecule has 0 amide bonds. The van der Waals surface area contributed by atoms with Crippen LogP contribution in [0.5, 0.6) is 0 Å². The fourth-order valence-electron chi connectivity index (χ4n) is 1.71. The summed E-state index contributed by atoms with van der Waals surface area (Å²) in [4.78, 5) is 8.62. The summed E-state index contributed by atoms with van der Waals surface area (Å²) in [6, 6.07) is 1.79. The molecule has 0 radical (unpaired) electrons. The Bertz CT molecular complexity index is 512. The number of hydrogen-bond acceptors (Lipinski definition) is 6. The molecule has 19 heavy (non-hydrogen) atoms. The zero-order valence-electron chi connectivity index (χ0n) is 11.2. The average Bonchev–Trinajstić information content (AvgIpc) is 2.84. The summed E-state index contributed by atoms with van der Waals surface area (Å²) >= 11 is 0. The van der Waals surface area contributed by atoms with Crippen molar-refractivity contribution in [2.24, 2.45) is 5.84 Å². The van der Waals surface area contributed by atoms with Crippen molar-refractivity contribution in [3.05, 3.63) is 29.8 Å². The molecule has 0 fully saturated rings. The molecule has 2 heterocycles. The van der Waals surface area contributed by atoms with Gasteiger partial charge in [-0.1, -0.05) is 6.92 Å². The summed E-state index contributed by atoms with van der Waals surface area (Å²) in [5.41, 5.74) is 3.70. The first-order chi connectivity index (χ1) is 9.21. The zero-order valence-corrected chi connectivity index (χ0v) is 11.2. The molecule has 0 aliphatic rings. The topological polar surface area (TPSA) is 93.7 Å². The van der Waals surface area contributed by atoms with E-state index in [4.69, 9.17) is 5.84 Å². The molecule has 0 bridgehead atoms. The second-order valence-electron chi connectivity index (χ2n) is 4.26. The van der Waals surface area contributed by atoms with Gasteiger partial charge in [0.05, 0.1) is 12.7 Å². The van der Waals surface area contributed by atoms with E-state index in [1.165, 1.54) is 0 Å². The van der Waals surface area contributed by atoms with Crippen molar-refractivity contribution in [3.63, 3.8) is 0 Å². The Hall–Kier alpha value is -2.15. The van der Waals surface area contributed by atoms with Gasteiger partial charge in [0.15, 0.2) is 0 Å². The molecule has 0 aromatic carbocycles. The summed E-state index contributed by atoms with van der Waals surface area (Å²) in [5.74, 6) is 7.52. The van der Waals surface area contributed by atoms with Crippen LogP contribution in [0, 0.1) is 6.92 Å². The number of aryl methyl sites for hydroxylation is 2. The lowest BCUT2D eigenvalue weighted by atomic mass is 10.4. The van der Waals surface area contributed by atoms with Crippen LogP contribution >= 0.6 is 0 Å². The normalized spacial score (nSPS) is 10.5. The van der Waals surface area contributed by atoms with Gasteiger partial charge in [-0.2, -0.15) is 5.10 Å². The van der Waals surface area contributed by atoms with E-state index < -0.39 is 0 Å². The fraction of sp³-hybridized carbons (Fsp3) is 0.417. The number of hydrazine groups is 1. The van der Waals surface area contributed by atoms with E-state index >= 15 is 0 Å². The number of aromatic nitrogens is 4. The summed E-state index contributed by atoms with van der Waals surface area (Å²) in [6.07, 6.45) is 4.62. The molecular weight excluding hydrogens is 242 g/mol. The van der Waals surface area contributed by atoms with Gasteiger partial charge in [0.1, 0.15) is 17.5 Å². The van der Waals surface area contributed by atoms with Crippen molar-refractivity contribution in [2.45, 2.75) is 26.8 Å². The summed E-state index contributed by atoms with van der Waals surface area (Å²) < 4.78 is 1.90. The minimum absolute atomic E-state index is 0.615. The zero-order chi connectivity index (χ0) is 13.7. The van der Waals surface area contributed by atoms with E-state index in [1.54, 1.807) is 6.07 Å². The van der Waals surface area contributed by atoms with Gasteiger partial charge in [-0.15, -0.1) is 0 Å². The first kappa shape index (κ1) is 13.3. The Morgan fingerprint density at radius 3 is 2.74 bits per heavy atom. The van der Waals surface area contributed by atoms with Crippen molar-refractivity contribution >= 4 is 11.6 Å². The van der Waals surface area contributed by atoms with Crippen LogP contribution in [0.25, 0.3) is 0 Å². The molecule has 4 N–H and O–H groups in total. The maximum absolute atomic E-state index is 5.38. The number of nitrogens with zero attached hydrogens (tertiary/aromatic N) is 4. The van der Waals surface area contributed by atoms with Crippen LogP contribution in [0.4, 0.5) is 11.6 Å². The molecule has 0 saturated carbocycles. The third-order valence-corrected chi connectivity index (χ3v) is 2.65. The molecule has 2 aromatic heterocycles. The second kappa shape index (κ2) is 6.14. The molecule has 0 aliphatic heterocycles. The van der Waals surface area contributed by atoms with Crippen LogP contribution in [0.1, 0.15) is 18.3 Å². The number of rotatable bonds is 6. The predicted octanol–water partition coefficient (Wildman–Crippen LogP) is 0.942. The van der Waals surface area contributed by atoms with Gasteiger partial charge in [0, 0.05) is 25.2 Å². The molecule has 2 aromatic rings. The maximum atomic E-state index is 5.38. The third-order valence-electron chi connectivity index (χ3n) is 2.65. The highest BCUT2D eigenvalue weighted by Gasteiger charge is 2.02. The Kier molecular flexibility index (Phi) is 4.30. The monoisotopic (exact) mass is 261 g/mol. The van der Waals surface area contributed by atoms with Gasteiger partial charge >= 0.3 is 0 Å². The summed E-state index contributed by atoms with van der Waals surface area (Å²) in [6.45, 7) is 5.55. The first-order valence-corrected chi connectivity index (χ1v) is 6.28. The predicted molar refractivity (Wildman–Crippen MR) is 74.7 cm³/mol. The van der Waals surface area contributed by atoms with Gasteiger partial charge in [0.2, 0.25) is 0 Å². The van der Waals surface area contributed by atoms with Crippen LogP contribution in [-0.4, -0.2) is 26.3 Å². The second-order valence-corrected chi connectivity index (χ2v) is 4.26. The third kappa shape index (κ3) is 3.65. The molecule has 0 atom stereocenters. The molecule has 2 rings (SSSR count). The van der Waals surface area contributed by atoms with Crippen LogP contribution in [-0.2, 0) is 13.0 Å². The highest BCUT2D eigenvalue weighted by molar-refractivity contribution is 5.46. The SMILES string of the molecule is CCc1nc(NN)cc(NCCn2cc(C)cn2)n1. The standard InChI is InChI=1S/C12H19N7/c1-3-10-16-11(6-12(17-10)18-13)14-4-5-19-8-9(2)7-15-19/h6-8H,3-5,13H2,1-2H3,(H2,14,16,17,18). The summed E-state index contributed by atoms with van der Waals surface area (Å²) in [7, 11) is 0. The average molecular weight is 261 g/mol. The lowest BCUT2D eigenvalue weighted by Crippen LogP contribution is -2.15. The molecule has 7 heteroatoms. The lowest BCUT2D eigenvalue weighted by Gasteiger charge is -2.09. The number of nitrogens with two attached hydrogens (primary N) is 1.